The van der Waals surface area contributed by atoms with E-state index in [4.69, 9.17) is 9.15 Å². The highest BCUT2D eigenvalue weighted by atomic mass is 32.1. The minimum Gasteiger partial charge on any atom is -0.450 e. The van der Waals surface area contributed by atoms with Gasteiger partial charge in [-0.2, -0.15) is 0 Å². The molecule has 1 aromatic carbocycles. The van der Waals surface area contributed by atoms with E-state index in [9.17, 15) is 9.59 Å². The second-order valence-corrected chi connectivity index (χ2v) is 6.01. The summed E-state index contributed by atoms with van der Waals surface area (Å²) < 4.78 is 10.4. The lowest BCUT2D eigenvalue weighted by Gasteiger charge is -2.11. The third-order valence-electron chi connectivity index (χ3n) is 3.31. The number of fused-ring (bicyclic) bond motifs is 1. The van der Waals surface area contributed by atoms with Crippen LogP contribution in [0.5, 0.6) is 0 Å². The van der Waals surface area contributed by atoms with Crippen LogP contribution in [-0.4, -0.2) is 18.5 Å². The highest BCUT2D eigenvalue weighted by molar-refractivity contribution is 7.10. The van der Waals surface area contributed by atoms with Crippen molar-refractivity contribution in [3.63, 3.8) is 0 Å². The van der Waals surface area contributed by atoms with Crippen molar-refractivity contribution >= 4 is 34.2 Å². The summed E-state index contributed by atoms with van der Waals surface area (Å²) in [6.45, 7) is 1.54. The molecule has 1 unspecified atom stereocenters. The van der Waals surface area contributed by atoms with Crippen LogP contribution in [0.2, 0.25) is 0 Å². The molecule has 0 aliphatic heterocycles. The Morgan fingerprint density at radius 1 is 1.26 bits per heavy atom. The van der Waals surface area contributed by atoms with Crippen LogP contribution < -0.4 is 5.32 Å². The number of hydrogen-bond acceptors (Lipinski definition) is 5. The van der Waals surface area contributed by atoms with E-state index in [0.29, 0.717) is 5.58 Å². The van der Waals surface area contributed by atoms with Gasteiger partial charge in [-0.05, 0) is 30.5 Å². The molecule has 0 fully saturated rings. The zero-order valence-corrected chi connectivity index (χ0v) is 13.3. The van der Waals surface area contributed by atoms with E-state index in [-0.39, 0.29) is 24.3 Å². The van der Waals surface area contributed by atoms with E-state index in [1.807, 2.05) is 42.6 Å². The number of thiophene rings is 1. The minimum absolute atomic E-state index is 0.0882. The Hall–Kier alpha value is -2.60. The first kappa shape index (κ1) is 15.3. The Kier molecular flexibility index (Phi) is 4.43. The molecule has 3 aromatic rings. The van der Waals surface area contributed by atoms with Crippen LogP contribution in [0, 0.1) is 0 Å². The first-order valence-corrected chi connectivity index (χ1v) is 8.00. The molecule has 2 heterocycles. The molecule has 118 valence electrons. The van der Waals surface area contributed by atoms with Crippen LogP contribution >= 0.6 is 11.3 Å². The molecule has 1 N–H and O–H groups in total. The number of rotatable bonds is 5. The largest absolute Gasteiger partial charge is 0.450 e. The summed E-state index contributed by atoms with van der Waals surface area (Å²) in [5.41, 5.74) is 0.607. The molecule has 0 bridgehead atoms. The van der Waals surface area contributed by atoms with Crippen molar-refractivity contribution in [1.82, 2.24) is 5.32 Å². The van der Waals surface area contributed by atoms with Crippen molar-refractivity contribution in [2.24, 2.45) is 0 Å². The molecule has 0 saturated carbocycles. The number of ether oxygens (including phenoxy) is 1. The van der Waals surface area contributed by atoms with Crippen LogP contribution in [0.4, 0.5) is 0 Å². The predicted octanol–water partition coefficient (Wildman–Crippen LogP) is 3.53. The zero-order chi connectivity index (χ0) is 16.2. The minimum atomic E-state index is -0.653. The van der Waals surface area contributed by atoms with E-state index in [1.54, 1.807) is 23.5 Å². The number of amides is 1. The van der Waals surface area contributed by atoms with Gasteiger partial charge in [0.1, 0.15) is 5.58 Å². The highest BCUT2D eigenvalue weighted by Crippen LogP contribution is 2.20. The third kappa shape index (κ3) is 3.60. The number of furan rings is 1. The van der Waals surface area contributed by atoms with Gasteiger partial charge in [0.15, 0.2) is 6.61 Å². The third-order valence-corrected chi connectivity index (χ3v) is 4.36. The van der Waals surface area contributed by atoms with Crippen LogP contribution in [-0.2, 0) is 9.53 Å². The predicted molar refractivity (Wildman–Crippen MR) is 87.4 cm³/mol. The summed E-state index contributed by atoms with van der Waals surface area (Å²) in [7, 11) is 0. The molecule has 0 aliphatic rings. The summed E-state index contributed by atoms with van der Waals surface area (Å²) in [4.78, 5) is 24.8. The average molecular weight is 329 g/mol. The Morgan fingerprint density at radius 2 is 2.09 bits per heavy atom. The summed E-state index contributed by atoms with van der Waals surface area (Å²) in [6, 6.07) is 12.6. The van der Waals surface area contributed by atoms with Gasteiger partial charge < -0.3 is 14.5 Å². The van der Waals surface area contributed by atoms with Crippen molar-refractivity contribution in [3.8, 4) is 0 Å². The van der Waals surface area contributed by atoms with Gasteiger partial charge in [-0.3, -0.25) is 4.79 Å². The van der Waals surface area contributed by atoms with Crippen LogP contribution in [0.1, 0.15) is 28.4 Å². The fraction of sp³-hybridized carbons (Fsp3) is 0.176. The molecule has 1 amide bonds. The van der Waals surface area contributed by atoms with Crippen molar-refractivity contribution in [2.75, 3.05) is 6.61 Å². The monoisotopic (exact) mass is 329 g/mol. The second kappa shape index (κ2) is 6.66. The number of para-hydroxylation sites is 1. The van der Waals surface area contributed by atoms with Crippen LogP contribution in [0.3, 0.4) is 0 Å². The maximum atomic E-state index is 11.9. The number of nitrogens with one attached hydrogen (secondary N) is 1. The van der Waals surface area contributed by atoms with Gasteiger partial charge in [0, 0.05) is 10.3 Å². The maximum absolute atomic E-state index is 11.9. The maximum Gasteiger partial charge on any atom is 0.374 e. The van der Waals surface area contributed by atoms with Gasteiger partial charge in [-0.15, -0.1) is 11.3 Å². The average Bonchev–Trinajstić information content (AvgIpc) is 3.21. The molecule has 0 radical (unpaired) electrons. The van der Waals surface area contributed by atoms with Gasteiger partial charge in [0.05, 0.1) is 6.04 Å². The number of esters is 1. The van der Waals surface area contributed by atoms with Crippen LogP contribution in [0.25, 0.3) is 11.0 Å². The first-order valence-electron chi connectivity index (χ1n) is 7.12. The Morgan fingerprint density at radius 3 is 2.83 bits per heavy atom. The van der Waals surface area contributed by atoms with Crippen LogP contribution in [0.15, 0.2) is 52.3 Å². The lowest BCUT2D eigenvalue weighted by Crippen LogP contribution is -2.30. The highest BCUT2D eigenvalue weighted by Gasteiger charge is 2.16. The number of carbonyl (C=O) groups is 2. The van der Waals surface area contributed by atoms with Gasteiger partial charge >= 0.3 is 5.97 Å². The van der Waals surface area contributed by atoms with Gasteiger partial charge in [0.25, 0.3) is 5.91 Å². The van der Waals surface area contributed by atoms with Crippen molar-refractivity contribution < 1.29 is 18.7 Å². The number of hydrogen-bond donors (Lipinski definition) is 1. The van der Waals surface area contributed by atoms with Gasteiger partial charge in [-0.25, -0.2) is 4.79 Å². The molecule has 6 heteroatoms. The lowest BCUT2D eigenvalue weighted by atomic mass is 10.2. The molecular weight excluding hydrogens is 314 g/mol. The Labute approximate surface area is 136 Å². The summed E-state index contributed by atoms with van der Waals surface area (Å²) in [5, 5.41) is 5.54. The SMILES string of the molecule is CC(NC(=O)COC(=O)c1cc2ccccc2o1)c1cccs1. The first-order chi connectivity index (χ1) is 11.1. The topological polar surface area (TPSA) is 68.5 Å². The molecule has 3 rings (SSSR count). The number of carbonyl (C=O) groups excluding carboxylic acids is 2. The Bertz CT molecular complexity index is 789. The Balaban J connectivity index is 1.55. The molecule has 0 aliphatic carbocycles. The summed E-state index contributed by atoms with van der Waals surface area (Å²) >= 11 is 1.56. The lowest BCUT2D eigenvalue weighted by molar-refractivity contribution is -0.124. The molecule has 0 spiro atoms. The van der Waals surface area contributed by atoms with E-state index >= 15 is 0 Å². The fourth-order valence-corrected chi connectivity index (χ4v) is 2.91. The van der Waals surface area contributed by atoms with Gasteiger partial charge in [0.2, 0.25) is 5.76 Å². The van der Waals surface area contributed by atoms with Gasteiger partial charge in [-0.1, -0.05) is 24.3 Å². The van der Waals surface area contributed by atoms with Crippen molar-refractivity contribution in [2.45, 2.75) is 13.0 Å². The molecule has 1 atom stereocenters. The summed E-state index contributed by atoms with van der Waals surface area (Å²) in [5.74, 6) is -0.916. The second-order valence-electron chi connectivity index (χ2n) is 5.03. The normalized spacial score (nSPS) is 12.0. The van der Waals surface area contributed by atoms with E-state index < -0.39 is 5.97 Å². The molecule has 2 aromatic heterocycles. The molecule has 0 saturated heterocycles. The molecular formula is C17H15NO4S. The van der Waals surface area contributed by atoms with Crippen molar-refractivity contribution in [1.29, 1.82) is 0 Å². The fourth-order valence-electron chi connectivity index (χ4n) is 2.18. The molecule has 23 heavy (non-hydrogen) atoms. The smallest absolute Gasteiger partial charge is 0.374 e. The zero-order valence-electron chi connectivity index (χ0n) is 12.4. The van der Waals surface area contributed by atoms with Crippen molar-refractivity contribution in [3.05, 3.63) is 58.5 Å². The molecule has 5 nitrogen and oxygen atoms in total. The summed E-state index contributed by atoms with van der Waals surface area (Å²) in [6.07, 6.45) is 0. The van der Waals surface area contributed by atoms with E-state index in [1.165, 1.54) is 0 Å². The van der Waals surface area contributed by atoms with E-state index in [0.717, 1.165) is 10.3 Å². The van der Waals surface area contributed by atoms with E-state index in [2.05, 4.69) is 5.32 Å². The quantitative estimate of drug-likeness (QED) is 0.727. The number of benzene rings is 1. The standard InChI is InChI=1S/C17H15NO4S/c1-11(15-7-4-8-23-15)18-16(19)10-21-17(20)14-9-12-5-2-3-6-13(12)22-14/h2-9,11H,10H2,1H3,(H,18,19).